The Morgan fingerprint density at radius 2 is 1.76 bits per heavy atom. The number of amides is 1. The highest BCUT2D eigenvalue weighted by atomic mass is 16.3. The highest BCUT2D eigenvalue weighted by Gasteiger charge is 2.42. The second kappa shape index (κ2) is 7.84. The monoisotopic (exact) mass is 390 g/mol. The van der Waals surface area contributed by atoms with Crippen LogP contribution in [0.2, 0.25) is 0 Å². The Balaban J connectivity index is 1.85. The van der Waals surface area contributed by atoms with Crippen molar-refractivity contribution in [3.05, 3.63) is 81.2 Å². The van der Waals surface area contributed by atoms with Crippen molar-refractivity contribution in [3.8, 4) is 0 Å². The lowest BCUT2D eigenvalue weighted by molar-refractivity contribution is 0.0722. The number of hydrogen-bond acceptors (Lipinski definition) is 4. The molecule has 1 aliphatic rings. The van der Waals surface area contributed by atoms with Crippen LogP contribution in [0.25, 0.3) is 11.0 Å². The number of carbonyl (C=O) groups excluding carboxylic acids is 1. The van der Waals surface area contributed by atoms with Crippen LogP contribution in [0.4, 0.5) is 0 Å². The predicted molar refractivity (Wildman–Crippen MR) is 114 cm³/mol. The second-order valence-corrected chi connectivity index (χ2v) is 7.82. The average Bonchev–Trinajstić information content (AvgIpc) is 3.00. The molecule has 0 aliphatic carbocycles. The molecule has 1 aliphatic heterocycles. The first kappa shape index (κ1) is 19.4. The summed E-state index contributed by atoms with van der Waals surface area (Å²) in [5, 5.41) is 0.518. The van der Waals surface area contributed by atoms with Crippen molar-refractivity contribution in [2.75, 3.05) is 27.2 Å². The van der Waals surface area contributed by atoms with E-state index in [4.69, 9.17) is 4.42 Å². The summed E-state index contributed by atoms with van der Waals surface area (Å²) in [6.45, 7) is 3.54. The summed E-state index contributed by atoms with van der Waals surface area (Å²) in [4.78, 5) is 30.5. The van der Waals surface area contributed by atoms with Crippen LogP contribution in [0.3, 0.4) is 0 Å². The van der Waals surface area contributed by atoms with E-state index >= 15 is 0 Å². The third kappa shape index (κ3) is 3.47. The molecule has 0 unspecified atom stereocenters. The molecule has 0 fully saturated rings. The topological polar surface area (TPSA) is 53.8 Å². The third-order valence-electron chi connectivity index (χ3n) is 5.58. The van der Waals surface area contributed by atoms with E-state index in [-0.39, 0.29) is 17.1 Å². The van der Waals surface area contributed by atoms with Crippen molar-refractivity contribution < 1.29 is 9.21 Å². The molecule has 5 nitrogen and oxygen atoms in total. The Labute approximate surface area is 170 Å². The van der Waals surface area contributed by atoms with E-state index in [1.165, 1.54) is 5.56 Å². The highest BCUT2D eigenvalue weighted by molar-refractivity contribution is 5.99. The van der Waals surface area contributed by atoms with Crippen LogP contribution < -0.4 is 5.43 Å². The quantitative estimate of drug-likeness (QED) is 0.642. The van der Waals surface area contributed by atoms with Gasteiger partial charge in [0.15, 0.2) is 5.43 Å². The highest BCUT2D eigenvalue weighted by Crippen LogP contribution is 2.38. The van der Waals surface area contributed by atoms with E-state index in [9.17, 15) is 9.59 Å². The fraction of sp³-hybridized carbons (Fsp3) is 0.333. The van der Waals surface area contributed by atoms with Crippen molar-refractivity contribution in [2.45, 2.75) is 25.8 Å². The summed E-state index contributed by atoms with van der Waals surface area (Å²) in [5.41, 5.74) is 2.97. The molecule has 0 saturated heterocycles. The molecule has 150 valence electrons. The summed E-state index contributed by atoms with van der Waals surface area (Å²) in [7, 11) is 4.03. The molecule has 29 heavy (non-hydrogen) atoms. The van der Waals surface area contributed by atoms with Gasteiger partial charge < -0.3 is 14.2 Å². The number of carbonyl (C=O) groups is 1. The van der Waals surface area contributed by atoms with Gasteiger partial charge in [0.25, 0.3) is 5.91 Å². The number of benzene rings is 2. The zero-order valence-corrected chi connectivity index (χ0v) is 17.1. The second-order valence-electron chi connectivity index (χ2n) is 7.82. The fourth-order valence-corrected chi connectivity index (χ4v) is 4.04. The van der Waals surface area contributed by atoms with Gasteiger partial charge in [-0.1, -0.05) is 43.3 Å². The lowest BCUT2D eigenvalue weighted by Gasteiger charge is -2.26. The molecule has 0 bridgehead atoms. The molecular formula is C24H26N2O3. The summed E-state index contributed by atoms with van der Waals surface area (Å²) in [6, 6.07) is 14.9. The molecule has 1 amide bonds. The molecule has 1 atom stereocenters. The SMILES string of the molecule is CCc1ccc([C@H]2c3c(oc4ccccc4c3=O)C(=O)N2CCCN(C)C)cc1. The number of fused-ring (bicyclic) bond motifs is 2. The first-order valence-corrected chi connectivity index (χ1v) is 10.1. The minimum atomic E-state index is -0.411. The van der Waals surface area contributed by atoms with Gasteiger partial charge in [-0.15, -0.1) is 0 Å². The Morgan fingerprint density at radius 3 is 2.45 bits per heavy atom. The largest absolute Gasteiger partial charge is 0.450 e. The predicted octanol–water partition coefficient (Wildman–Crippen LogP) is 3.85. The van der Waals surface area contributed by atoms with Gasteiger partial charge >= 0.3 is 0 Å². The maximum Gasteiger partial charge on any atom is 0.290 e. The summed E-state index contributed by atoms with van der Waals surface area (Å²) in [6.07, 6.45) is 1.77. The van der Waals surface area contributed by atoms with Crippen LogP contribution >= 0.6 is 0 Å². The number of hydrogen-bond donors (Lipinski definition) is 0. The van der Waals surface area contributed by atoms with Gasteiger partial charge in [0.1, 0.15) is 5.58 Å². The molecule has 2 aromatic carbocycles. The standard InChI is InChI=1S/C24H26N2O3/c1-4-16-10-12-17(13-11-16)21-20-22(27)18-8-5-6-9-19(18)29-23(20)24(28)26(21)15-7-14-25(2)3/h5-6,8-13,21H,4,7,14-15H2,1-3H3/t21-/m0/s1. The van der Waals surface area contributed by atoms with Crippen molar-refractivity contribution in [3.63, 3.8) is 0 Å². The molecule has 0 saturated carbocycles. The van der Waals surface area contributed by atoms with Crippen LogP contribution in [0, 0.1) is 0 Å². The molecule has 0 spiro atoms. The van der Waals surface area contributed by atoms with Crippen LogP contribution in [0.1, 0.15) is 46.6 Å². The Morgan fingerprint density at radius 1 is 1.03 bits per heavy atom. The zero-order chi connectivity index (χ0) is 20.5. The van der Waals surface area contributed by atoms with E-state index in [1.807, 2.05) is 38.4 Å². The lowest BCUT2D eigenvalue weighted by Crippen LogP contribution is -2.32. The normalized spacial score (nSPS) is 16.1. The van der Waals surface area contributed by atoms with Gasteiger partial charge in [0.05, 0.1) is 17.0 Å². The van der Waals surface area contributed by atoms with Crippen LogP contribution in [0.15, 0.2) is 57.7 Å². The number of aryl methyl sites for hydroxylation is 1. The molecule has 2 heterocycles. The van der Waals surface area contributed by atoms with Gasteiger partial charge in [0, 0.05) is 6.54 Å². The third-order valence-corrected chi connectivity index (χ3v) is 5.58. The van der Waals surface area contributed by atoms with E-state index in [0.29, 0.717) is 23.1 Å². The van der Waals surface area contributed by atoms with Crippen molar-refractivity contribution in [1.29, 1.82) is 0 Å². The summed E-state index contributed by atoms with van der Waals surface area (Å²) >= 11 is 0. The molecule has 3 aromatic rings. The lowest BCUT2D eigenvalue weighted by atomic mass is 9.97. The van der Waals surface area contributed by atoms with Crippen LogP contribution in [0.5, 0.6) is 0 Å². The van der Waals surface area contributed by atoms with E-state index in [1.54, 1.807) is 17.0 Å². The van der Waals surface area contributed by atoms with Gasteiger partial charge in [-0.2, -0.15) is 0 Å². The van der Waals surface area contributed by atoms with E-state index < -0.39 is 6.04 Å². The molecule has 5 heteroatoms. The molecule has 0 N–H and O–H groups in total. The number of nitrogens with zero attached hydrogens (tertiary/aromatic N) is 2. The van der Waals surface area contributed by atoms with Gasteiger partial charge in [-0.25, -0.2) is 0 Å². The van der Waals surface area contributed by atoms with Crippen LogP contribution in [-0.2, 0) is 6.42 Å². The smallest absolute Gasteiger partial charge is 0.290 e. The first-order valence-electron chi connectivity index (χ1n) is 10.1. The zero-order valence-electron chi connectivity index (χ0n) is 17.1. The van der Waals surface area contributed by atoms with E-state index in [0.717, 1.165) is 24.9 Å². The van der Waals surface area contributed by atoms with E-state index in [2.05, 4.69) is 24.0 Å². The Kier molecular flexibility index (Phi) is 5.24. The average molecular weight is 390 g/mol. The number of para-hydroxylation sites is 1. The first-order chi connectivity index (χ1) is 14.0. The van der Waals surface area contributed by atoms with Crippen molar-refractivity contribution >= 4 is 16.9 Å². The maximum atomic E-state index is 13.4. The summed E-state index contributed by atoms with van der Waals surface area (Å²) < 4.78 is 5.95. The maximum absolute atomic E-state index is 13.4. The van der Waals surface area contributed by atoms with Gasteiger partial charge in [0.2, 0.25) is 5.76 Å². The molecule has 4 rings (SSSR count). The number of rotatable bonds is 6. The summed E-state index contributed by atoms with van der Waals surface area (Å²) in [5.74, 6) is -0.0192. The molecule has 0 radical (unpaired) electrons. The fourth-order valence-electron chi connectivity index (χ4n) is 4.04. The molecule has 1 aromatic heterocycles. The van der Waals surface area contributed by atoms with Gasteiger partial charge in [-0.05, 0) is 56.7 Å². The van der Waals surface area contributed by atoms with Crippen LogP contribution in [-0.4, -0.2) is 42.9 Å². The molecular weight excluding hydrogens is 364 g/mol. The Hall–Kier alpha value is -2.92. The van der Waals surface area contributed by atoms with Crippen molar-refractivity contribution in [2.24, 2.45) is 0 Å². The Bertz CT molecular complexity index is 1100. The van der Waals surface area contributed by atoms with Crippen molar-refractivity contribution in [1.82, 2.24) is 9.80 Å². The minimum Gasteiger partial charge on any atom is -0.450 e. The van der Waals surface area contributed by atoms with Gasteiger partial charge in [-0.3, -0.25) is 9.59 Å². The minimum absolute atomic E-state index is 0.116.